The zero-order chi connectivity index (χ0) is 20.4. The highest BCUT2D eigenvalue weighted by Gasteiger charge is 2.18. The van der Waals surface area contributed by atoms with Gasteiger partial charge in [0.15, 0.2) is 6.10 Å². The molecular weight excluding hydrogens is 360 g/mol. The molecule has 150 valence electrons. The van der Waals surface area contributed by atoms with Crippen molar-refractivity contribution >= 4 is 11.7 Å². The van der Waals surface area contributed by atoms with Gasteiger partial charge in [-0.25, -0.2) is 4.79 Å². The van der Waals surface area contributed by atoms with Gasteiger partial charge in [0.1, 0.15) is 25.2 Å². The Kier molecular flexibility index (Phi) is 8.42. The fraction of sp³-hybridized carbons (Fsp3) is 0.381. The number of benzene rings is 1. The van der Waals surface area contributed by atoms with Gasteiger partial charge in [0.2, 0.25) is 0 Å². The molecule has 0 fully saturated rings. The fourth-order valence-corrected chi connectivity index (χ4v) is 2.57. The third-order valence-electron chi connectivity index (χ3n) is 4.09. The molecule has 7 heteroatoms. The third-order valence-corrected chi connectivity index (χ3v) is 4.09. The number of hydrogen-bond donors (Lipinski definition) is 1. The second kappa shape index (κ2) is 11.0. The number of carbonyl (C=O) groups is 1. The van der Waals surface area contributed by atoms with Crippen LogP contribution in [0.25, 0.3) is 0 Å². The van der Waals surface area contributed by atoms with Crippen LogP contribution >= 0.6 is 0 Å². The maximum absolute atomic E-state index is 11.2. The zero-order valence-electron chi connectivity index (χ0n) is 16.4. The number of aromatic nitrogens is 1. The average molecular weight is 386 g/mol. The second-order valence-corrected chi connectivity index (χ2v) is 6.04. The van der Waals surface area contributed by atoms with Gasteiger partial charge in [0.25, 0.3) is 0 Å². The lowest BCUT2D eigenvalue weighted by atomic mass is 10.1. The van der Waals surface area contributed by atoms with Crippen LogP contribution in [0.2, 0.25) is 0 Å². The summed E-state index contributed by atoms with van der Waals surface area (Å²) in [5.41, 5.74) is 3.27. The molecule has 1 atom stereocenters. The minimum absolute atomic E-state index is 0.197. The summed E-state index contributed by atoms with van der Waals surface area (Å²) in [6.45, 7) is 4.40. The summed E-state index contributed by atoms with van der Waals surface area (Å²) in [4.78, 5) is 20.5. The molecule has 7 nitrogen and oxygen atoms in total. The highest BCUT2D eigenvalue weighted by Crippen LogP contribution is 2.15. The smallest absolute Gasteiger partial charge is 0.333 e. The van der Waals surface area contributed by atoms with Gasteiger partial charge in [0.05, 0.1) is 5.69 Å². The number of aliphatic carboxylic acids is 1. The van der Waals surface area contributed by atoms with Gasteiger partial charge in [-0.15, -0.1) is 0 Å². The van der Waals surface area contributed by atoms with Gasteiger partial charge in [-0.05, 0) is 42.7 Å². The lowest BCUT2D eigenvalue weighted by Gasteiger charge is -2.13. The van der Waals surface area contributed by atoms with E-state index in [2.05, 4.69) is 17.1 Å². The molecule has 0 saturated carbocycles. The maximum atomic E-state index is 11.2. The first kappa shape index (κ1) is 21.4. The SMILES string of the molecule is CCOC(Cc1ccc(OCC(=NOC)c2ccc(CC)cn2)cc1)C(=O)O. The van der Waals surface area contributed by atoms with Crippen LogP contribution in [0.4, 0.5) is 0 Å². The first-order valence-corrected chi connectivity index (χ1v) is 9.18. The van der Waals surface area contributed by atoms with E-state index in [0.29, 0.717) is 30.2 Å². The maximum Gasteiger partial charge on any atom is 0.333 e. The van der Waals surface area contributed by atoms with Crippen molar-refractivity contribution in [3.05, 3.63) is 59.4 Å². The number of hydrogen-bond acceptors (Lipinski definition) is 6. The Labute approximate surface area is 165 Å². The predicted octanol–water partition coefficient (Wildman–Crippen LogP) is 3.11. The molecule has 1 heterocycles. The van der Waals surface area contributed by atoms with Crippen molar-refractivity contribution in [3.8, 4) is 5.75 Å². The van der Waals surface area contributed by atoms with E-state index in [1.54, 1.807) is 19.1 Å². The van der Waals surface area contributed by atoms with Crippen molar-refractivity contribution in [2.24, 2.45) is 5.16 Å². The Bertz CT molecular complexity index is 772. The van der Waals surface area contributed by atoms with Crippen molar-refractivity contribution in [3.63, 3.8) is 0 Å². The van der Waals surface area contributed by atoms with Crippen molar-refractivity contribution < 1.29 is 24.2 Å². The van der Waals surface area contributed by atoms with Crippen LogP contribution in [0.1, 0.15) is 30.7 Å². The first-order chi connectivity index (χ1) is 13.6. The Morgan fingerprint density at radius 3 is 2.39 bits per heavy atom. The van der Waals surface area contributed by atoms with Crippen LogP contribution in [0.15, 0.2) is 47.8 Å². The van der Waals surface area contributed by atoms with Crippen LogP contribution in [0.3, 0.4) is 0 Å². The van der Waals surface area contributed by atoms with Crippen molar-refractivity contribution in [2.45, 2.75) is 32.8 Å². The standard InChI is InChI=1S/C21H26N2O5/c1-4-15-8-11-18(22-13-15)19(23-26-3)14-28-17-9-6-16(7-10-17)12-20(21(24)25)27-5-2/h6-11,13,20H,4-5,12,14H2,1-3H3,(H,24,25). The molecule has 2 aromatic rings. The highest BCUT2D eigenvalue weighted by molar-refractivity contribution is 5.99. The summed E-state index contributed by atoms with van der Waals surface area (Å²) >= 11 is 0. The Hall–Kier alpha value is -2.93. The molecular formula is C21H26N2O5. The molecule has 0 aliphatic rings. The number of pyridine rings is 1. The van der Waals surface area contributed by atoms with Crippen LogP contribution in [-0.2, 0) is 27.2 Å². The molecule has 2 rings (SSSR count). The lowest BCUT2D eigenvalue weighted by molar-refractivity contribution is -0.149. The number of carboxylic acid groups (broad SMARTS) is 1. The van der Waals surface area contributed by atoms with E-state index in [0.717, 1.165) is 17.5 Å². The van der Waals surface area contributed by atoms with Gasteiger partial charge in [0, 0.05) is 19.2 Å². The molecule has 28 heavy (non-hydrogen) atoms. The highest BCUT2D eigenvalue weighted by atomic mass is 16.6. The Balaban J connectivity index is 1.99. The van der Waals surface area contributed by atoms with E-state index in [1.165, 1.54) is 7.11 Å². The Morgan fingerprint density at radius 2 is 1.86 bits per heavy atom. The molecule has 0 saturated heterocycles. The number of carboxylic acids is 1. The van der Waals surface area contributed by atoms with E-state index >= 15 is 0 Å². The van der Waals surface area contributed by atoms with Crippen molar-refractivity contribution in [1.82, 2.24) is 4.98 Å². The van der Waals surface area contributed by atoms with Crippen LogP contribution < -0.4 is 4.74 Å². The molecule has 0 radical (unpaired) electrons. The van der Waals surface area contributed by atoms with Gasteiger partial charge >= 0.3 is 5.97 Å². The summed E-state index contributed by atoms with van der Waals surface area (Å²) in [6, 6.07) is 11.1. The topological polar surface area (TPSA) is 90.2 Å². The predicted molar refractivity (Wildman–Crippen MR) is 106 cm³/mol. The van der Waals surface area contributed by atoms with Crippen LogP contribution in [-0.4, -0.2) is 48.2 Å². The molecule has 0 spiro atoms. The second-order valence-electron chi connectivity index (χ2n) is 6.04. The van der Waals surface area contributed by atoms with Gasteiger partial charge in [-0.2, -0.15) is 0 Å². The van der Waals surface area contributed by atoms with E-state index in [9.17, 15) is 9.90 Å². The van der Waals surface area contributed by atoms with E-state index < -0.39 is 12.1 Å². The van der Waals surface area contributed by atoms with Crippen molar-refractivity contribution in [2.75, 3.05) is 20.3 Å². The minimum Gasteiger partial charge on any atom is -0.487 e. The molecule has 0 aliphatic carbocycles. The summed E-state index contributed by atoms with van der Waals surface area (Å²) < 4.78 is 11.0. The molecule has 0 amide bonds. The van der Waals surface area contributed by atoms with E-state index in [1.807, 2.05) is 30.5 Å². The zero-order valence-corrected chi connectivity index (χ0v) is 16.4. The monoisotopic (exact) mass is 386 g/mol. The fourth-order valence-electron chi connectivity index (χ4n) is 2.57. The normalized spacial score (nSPS) is 12.5. The number of oxime groups is 1. The van der Waals surface area contributed by atoms with Crippen LogP contribution in [0, 0.1) is 0 Å². The molecule has 1 N–H and O–H groups in total. The summed E-state index contributed by atoms with van der Waals surface area (Å²) in [5, 5.41) is 13.2. The van der Waals surface area contributed by atoms with Gasteiger partial charge in [-0.3, -0.25) is 4.98 Å². The number of nitrogens with zero attached hydrogens (tertiary/aromatic N) is 2. The summed E-state index contributed by atoms with van der Waals surface area (Å²) in [6.07, 6.45) is 2.17. The minimum atomic E-state index is -0.968. The number of rotatable bonds is 11. The van der Waals surface area contributed by atoms with Gasteiger partial charge in [-0.1, -0.05) is 30.3 Å². The summed E-state index contributed by atoms with van der Waals surface area (Å²) in [5.74, 6) is -0.329. The lowest BCUT2D eigenvalue weighted by Crippen LogP contribution is -2.26. The van der Waals surface area contributed by atoms with E-state index in [4.69, 9.17) is 14.3 Å². The quantitative estimate of drug-likeness (QED) is 0.471. The molecule has 1 aromatic carbocycles. The average Bonchev–Trinajstić information content (AvgIpc) is 2.72. The largest absolute Gasteiger partial charge is 0.487 e. The Morgan fingerprint density at radius 1 is 1.14 bits per heavy atom. The number of ether oxygens (including phenoxy) is 2. The summed E-state index contributed by atoms with van der Waals surface area (Å²) in [7, 11) is 1.48. The molecule has 0 aliphatic heterocycles. The molecule has 0 bridgehead atoms. The van der Waals surface area contributed by atoms with E-state index in [-0.39, 0.29) is 6.61 Å². The molecule has 1 aromatic heterocycles. The third kappa shape index (κ3) is 6.35. The number of aryl methyl sites for hydroxylation is 1. The first-order valence-electron chi connectivity index (χ1n) is 9.18. The molecule has 1 unspecified atom stereocenters. The van der Waals surface area contributed by atoms with Gasteiger partial charge < -0.3 is 19.4 Å². The van der Waals surface area contributed by atoms with Crippen molar-refractivity contribution in [1.29, 1.82) is 0 Å². The van der Waals surface area contributed by atoms with Crippen LogP contribution in [0.5, 0.6) is 5.75 Å².